The van der Waals surface area contributed by atoms with Crippen molar-refractivity contribution >= 4 is 18.0 Å². The SMILES string of the molecule is CC(C)(C)OC(=O)N[C@H](CC(Cc1ccccc1)C(=O)O)C(=O)O. The zero-order valence-corrected chi connectivity index (χ0v) is 14.0. The first-order chi connectivity index (χ1) is 11.1. The van der Waals surface area contributed by atoms with E-state index in [2.05, 4.69) is 5.32 Å². The van der Waals surface area contributed by atoms with E-state index in [-0.39, 0.29) is 12.8 Å². The molecular weight excluding hydrogens is 314 g/mol. The minimum Gasteiger partial charge on any atom is -0.481 e. The second kappa shape index (κ2) is 8.33. The first kappa shape index (κ1) is 19.5. The average Bonchev–Trinajstić information content (AvgIpc) is 2.44. The van der Waals surface area contributed by atoms with Crippen LogP contribution in [0, 0.1) is 5.92 Å². The zero-order valence-electron chi connectivity index (χ0n) is 14.0. The smallest absolute Gasteiger partial charge is 0.408 e. The summed E-state index contributed by atoms with van der Waals surface area (Å²) in [5.74, 6) is -3.36. The Hall–Kier alpha value is -2.57. The average molecular weight is 337 g/mol. The zero-order chi connectivity index (χ0) is 18.3. The van der Waals surface area contributed by atoms with Crippen molar-refractivity contribution in [1.82, 2.24) is 5.32 Å². The highest BCUT2D eigenvalue weighted by atomic mass is 16.6. The van der Waals surface area contributed by atoms with E-state index in [0.717, 1.165) is 5.56 Å². The molecule has 0 spiro atoms. The molecular formula is C17H23NO6. The molecule has 1 aromatic carbocycles. The van der Waals surface area contributed by atoms with Gasteiger partial charge in [-0.2, -0.15) is 0 Å². The maximum Gasteiger partial charge on any atom is 0.408 e. The fourth-order valence-electron chi connectivity index (χ4n) is 2.13. The molecule has 0 aliphatic heterocycles. The minimum absolute atomic E-state index is 0.177. The fourth-order valence-corrected chi connectivity index (χ4v) is 2.13. The van der Waals surface area contributed by atoms with E-state index >= 15 is 0 Å². The van der Waals surface area contributed by atoms with E-state index in [9.17, 15) is 24.6 Å². The summed E-state index contributed by atoms with van der Waals surface area (Å²) < 4.78 is 5.02. The van der Waals surface area contributed by atoms with Crippen molar-refractivity contribution in [3.05, 3.63) is 35.9 Å². The Balaban J connectivity index is 2.77. The number of carbonyl (C=O) groups excluding carboxylic acids is 1. The van der Waals surface area contributed by atoms with Crippen molar-refractivity contribution < 1.29 is 29.3 Å². The van der Waals surface area contributed by atoms with Crippen molar-refractivity contribution in [2.24, 2.45) is 5.92 Å². The normalized spacial score (nSPS) is 13.6. The summed E-state index contributed by atoms with van der Waals surface area (Å²) in [6.45, 7) is 4.95. The molecule has 0 aliphatic carbocycles. The van der Waals surface area contributed by atoms with Gasteiger partial charge in [0.2, 0.25) is 0 Å². The van der Waals surface area contributed by atoms with Crippen LogP contribution >= 0.6 is 0 Å². The topological polar surface area (TPSA) is 113 Å². The second-order valence-corrected chi connectivity index (χ2v) is 6.50. The van der Waals surface area contributed by atoms with Gasteiger partial charge in [-0.3, -0.25) is 4.79 Å². The molecule has 132 valence electrons. The summed E-state index contributed by atoms with van der Waals surface area (Å²) in [5, 5.41) is 20.8. The Kier molecular flexibility index (Phi) is 6.76. The number of carboxylic acids is 2. The van der Waals surface area contributed by atoms with Crippen molar-refractivity contribution in [3.63, 3.8) is 0 Å². The van der Waals surface area contributed by atoms with Gasteiger partial charge in [-0.15, -0.1) is 0 Å². The number of carbonyl (C=O) groups is 3. The lowest BCUT2D eigenvalue weighted by Crippen LogP contribution is -2.45. The van der Waals surface area contributed by atoms with Crippen molar-refractivity contribution in [1.29, 1.82) is 0 Å². The van der Waals surface area contributed by atoms with Gasteiger partial charge in [0, 0.05) is 0 Å². The number of carboxylic acid groups (broad SMARTS) is 2. The third-order valence-corrected chi connectivity index (χ3v) is 3.18. The standard InChI is InChI=1S/C17H23NO6/c1-17(2,3)24-16(23)18-13(15(21)22)10-12(14(19)20)9-11-7-5-4-6-8-11/h4-8,12-13H,9-10H2,1-3H3,(H,18,23)(H,19,20)(H,21,22)/t12?,13-/m1/s1. The van der Waals surface area contributed by atoms with E-state index in [1.165, 1.54) is 0 Å². The molecule has 1 amide bonds. The lowest BCUT2D eigenvalue weighted by atomic mass is 9.93. The van der Waals surface area contributed by atoms with Gasteiger partial charge >= 0.3 is 18.0 Å². The quantitative estimate of drug-likeness (QED) is 0.703. The van der Waals surface area contributed by atoms with Crippen LogP contribution in [0.4, 0.5) is 4.79 Å². The van der Waals surface area contributed by atoms with Gasteiger partial charge < -0.3 is 20.3 Å². The highest BCUT2D eigenvalue weighted by Crippen LogP contribution is 2.16. The molecule has 0 saturated carbocycles. The van der Waals surface area contributed by atoms with Gasteiger partial charge in [-0.25, -0.2) is 9.59 Å². The van der Waals surface area contributed by atoms with Gasteiger partial charge in [0.15, 0.2) is 0 Å². The van der Waals surface area contributed by atoms with Gasteiger partial charge in [-0.05, 0) is 39.2 Å². The molecule has 0 aromatic heterocycles. The molecule has 0 radical (unpaired) electrons. The van der Waals surface area contributed by atoms with Gasteiger partial charge in [-0.1, -0.05) is 30.3 Å². The van der Waals surface area contributed by atoms with Gasteiger partial charge in [0.1, 0.15) is 11.6 Å². The molecule has 1 aromatic rings. The molecule has 2 atom stereocenters. The Morgan fingerprint density at radius 3 is 2.12 bits per heavy atom. The van der Waals surface area contributed by atoms with Crippen LogP contribution in [0.1, 0.15) is 32.8 Å². The van der Waals surface area contributed by atoms with Crippen LogP contribution in [-0.4, -0.2) is 39.9 Å². The van der Waals surface area contributed by atoms with E-state index in [1.54, 1.807) is 45.0 Å². The summed E-state index contributed by atoms with van der Waals surface area (Å²) >= 11 is 0. The van der Waals surface area contributed by atoms with Gasteiger partial charge in [0.05, 0.1) is 5.92 Å². The molecule has 0 saturated heterocycles. The second-order valence-electron chi connectivity index (χ2n) is 6.50. The highest BCUT2D eigenvalue weighted by molar-refractivity contribution is 5.81. The number of aliphatic carboxylic acids is 2. The fraction of sp³-hybridized carbons (Fsp3) is 0.471. The number of amides is 1. The molecule has 7 heteroatoms. The lowest BCUT2D eigenvalue weighted by molar-refractivity contribution is -0.144. The summed E-state index contributed by atoms with van der Waals surface area (Å²) in [4.78, 5) is 34.5. The maximum absolute atomic E-state index is 11.7. The van der Waals surface area contributed by atoms with Crippen LogP contribution in [0.2, 0.25) is 0 Å². The van der Waals surface area contributed by atoms with E-state index in [0.29, 0.717) is 0 Å². The van der Waals surface area contributed by atoms with Crippen LogP contribution in [-0.2, 0) is 20.7 Å². The number of hydrogen-bond acceptors (Lipinski definition) is 4. The molecule has 7 nitrogen and oxygen atoms in total. The van der Waals surface area contributed by atoms with Crippen LogP contribution in [0.3, 0.4) is 0 Å². The first-order valence-electron chi connectivity index (χ1n) is 7.57. The monoisotopic (exact) mass is 337 g/mol. The largest absolute Gasteiger partial charge is 0.481 e. The van der Waals surface area contributed by atoms with Crippen molar-refractivity contribution in [2.45, 2.75) is 45.3 Å². The number of hydrogen-bond donors (Lipinski definition) is 3. The van der Waals surface area contributed by atoms with E-state index in [4.69, 9.17) is 4.74 Å². The Labute approximate surface area is 140 Å². The minimum atomic E-state index is -1.34. The summed E-state index contributed by atoms with van der Waals surface area (Å²) in [6.07, 6.45) is -0.951. The first-order valence-corrected chi connectivity index (χ1v) is 7.57. The number of alkyl carbamates (subject to hydrolysis) is 1. The summed E-state index contributed by atoms with van der Waals surface area (Å²) in [5.41, 5.74) is 0.00919. The molecule has 0 aliphatic rings. The molecule has 0 heterocycles. The third-order valence-electron chi connectivity index (χ3n) is 3.18. The van der Waals surface area contributed by atoms with Crippen LogP contribution in [0.5, 0.6) is 0 Å². The highest BCUT2D eigenvalue weighted by Gasteiger charge is 2.30. The summed E-state index contributed by atoms with van der Waals surface area (Å²) in [6, 6.07) is 7.57. The van der Waals surface area contributed by atoms with Crippen molar-refractivity contribution in [3.8, 4) is 0 Å². The number of rotatable bonds is 7. The number of ether oxygens (including phenoxy) is 1. The number of nitrogens with one attached hydrogen (secondary N) is 1. The Morgan fingerprint density at radius 1 is 1.08 bits per heavy atom. The predicted molar refractivity (Wildman–Crippen MR) is 86.7 cm³/mol. The molecule has 24 heavy (non-hydrogen) atoms. The lowest BCUT2D eigenvalue weighted by Gasteiger charge is -2.23. The van der Waals surface area contributed by atoms with Crippen LogP contribution in [0.25, 0.3) is 0 Å². The molecule has 3 N–H and O–H groups in total. The van der Waals surface area contributed by atoms with Crippen LogP contribution < -0.4 is 5.32 Å². The Morgan fingerprint density at radius 2 is 1.67 bits per heavy atom. The summed E-state index contributed by atoms with van der Waals surface area (Å²) in [7, 11) is 0. The Bertz CT molecular complexity index is 578. The predicted octanol–water partition coefficient (Wildman–Crippen LogP) is 2.30. The van der Waals surface area contributed by atoms with E-state index in [1.807, 2.05) is 6.07 Å². The molecule has 1 unspecified atom stereocenters. The van der Waals surface area contributed by atoms with Gasteiger partial charge in [0.25, 0.3) is 0 Å². The number of benzene rings is 1. The third kappa shape index (κ3) is 7.13. The molecule has 1 rings (SSSR count). The van der Waals surface area contributed by atoms with Crippen molar-refractivity contribution in [2.75, 3.05) is 0 Å². The van der Waals surface area contributed by atoms with E-state index < -0.39 is 35.6 Å². The molecule has 0 bridgehead atoms. The maximum atomic E-state index is 11.7. The van der Waals surface area contributed by atoms with Crippen LogP contribution in [0.15, 0.2) is 30.3 Å². The molecule has 0 fully saturated rings.